The van der Waals surface area contributed by atoms with Crippen molar-refractivity contribution in [2.75, 3.05) is 12.4 Å². The second-order valence-electron chi connectivity index (χ2n) is 5.45. The summed E-state index contributed by atoms with van der Waals surface area (Å²) in [5.74, 6) is 0.600. The molecule has 124 valence electrons. The van der Waals surface area contributed by atoms with Gasteiger partial charge in [0.1, 0.15) is 5.75 Å². The molecule has 1 heterocycles. The second kappa shape index (κ2) is 6.46. The number of nitrogens with one attached hydrogen (secondary N) is 1. The number of amides is 1. The zero-order valence-corrected chi connectivity index (χ0v) is 15.6. The van der Waals surface area contributed by atoms with E-state index in [4.69, 9.17) is 4.74 Å². The zero-order chi connectivity index (χ0) is 17.4. The fourth-order valence-electron chi connectivity index (χ4n) is 2.72. The van der Waals surface area contributed by atoms with Gasteiger partial charge in [-0.1, -0.05) is 51.5 Å². The number of benzene rings is 3. The van der Waals surface area contributed by atoms with E-state index in [1.54, 1.807) is 7.11 Å². The van der Waals surface area contributed by atoms with Crippen LogP contribution >= 0.6 is 27.3 Å². The average molecular weight is 413 g/mol. The van der Waals surface area contributed by atoms with Gasteiger partial charge in [0.15, 0.2) is 5.13 Å². The summed E-state index contributed by atoms with van der Waals surface area (Å²) >= 11 is 4.96. The van der Waals surface area contributed by atoms with E-state index in [9.17, 15) is 4.79 Å². The summed E-state index contributed by atoms with van der Waals surface area (Å²) in [5, 5.41) is 5.38. The van der Waals surface area contributed by atoms with Crippen LogP contribution in [-0.4, -0.2) is 18.0 Å². The zero-order valence-electron chi connectivity index (χ0n) is 13.2. The monoisotopic (exact) mass is 412 g/mol. The first-order chi connectivity index (χ1) is 12.2. The highest BCUT2D eigenvalue weighted by atomic mass is 79.9. The lowest BCUT2D eigenvalue weighted by molar-refractivity contribution is 0.102. The van der Waals surface area contributed by atoms with Crippen LogP contribution in [0.1, 0.15) is 10.4 Å². The van der Waals surface area contributed by atoms with Crippen LogP contribution in [0, 0.1) is 0 Å². The molecule has 0 aliphatic carbocycles. The molecule has 25 heavy (non-hydrogen) atoms. The first-order valence-electron chi connectivity index (χ1n) is 7.59. The lowest BCUT2D eigenvalue weighted by Crippen LogP contribution is -2.12. The first-order valence-corrected chi connectivity index (χ1v) is 9.20. The number of carbonyl (C=O) groups is 1. The number of fused-ring (bicyclic) bond motifs is 2. The number of methoxy groups -OCH3 is 1. The van der Waals surface area contributed by atoms with Gasteiger partial charge >= 0.3 is 0 Å². The Kier molecular flexibility index (Phi) is 4.15. The highest BCUT2D eigenvalue weighted by molar-refractivity contribution is 9.10. The molecule has 0 radical (unpaired) electrons. The van der Waals surface area contributed by atoms with E-state index in [1.165, 1.54) is 11.3 Å². The quantitative estimate of drug-likeness (QED) is 0.485. The number of hydrogen-bond donors (Lipinski definition) is 1. The Bertz CT molecular complexity index is 1110. The molecule has 0 spiro atoms. The highest BCUT2D eigenvalue weighted by Crippen LogP contribution is 2.30. The number of hydrogen-bond acceptors (Lipinski definition) is 4. The number of ether oxygens (including phenoxy) is 1. The van der Waals surface area contributed by atoms with Crippen molar-refractivity contribution in [2.45, 2.75) is 0 Å². The number of carbonyl (C=O) groups excluding carboxylic acids is 1. The van der Waals surface area contributed by atoms with Crippen molar-refractivity contribution in [1.82, 2.24) is 4.98 Å². The first kappa shape index (κ1) is 16.1. The van der Waals surface area contributed by atoms with E-state index in [2.05, 4.69) is 26.2 Å². The van der Waals surface area contributed by atoms with Crippen LogP contribution < -0.4 is 10.1 Å². The fourth-order valence-corrected chi connectivity index (χ4v) is 4.11. The Morgan fingerprint density at radius 1 is 1.12 bits per heavy atom. The maximum Gasteiger partial charge on any atom is 0.258 e. The predicted octanol–water partition coefficient (Wildman–Crippen LogP) is 5.47. The molecule has 1 aromatic heterocycles. The van der Waals surface area contributed by atoms with Gasteiger partial charge in [0.25, 0.3) is 5.91 Å². The summed E-state index contributed by atoms with van der Waals surface area (Å²) in [7, 11) is 1.63. The topological polar surface area (TPSA) is 51.2 Å². The molecule has 0 saturated heterocycles. The van der Waals surface area contributed by atoms with Crippen molar-refractivity contribution in [3.05, 3.63) is 64.6 Å². The number of thiazole rings is 1. The molecule has 1 N–H and O–H groups in total. The molecule has 0 saturated carbocycles. The van der Waals surface area contributed by atoms with Gasteiger partial charge in [-0.2, -0.15) is 0 Å². The maximum absolute atomic E-state index is 12.8. The van der Waals surface area contributed by atoms with Crippen molar-refractivity contribution in [3.63, 3.8) is 0 Å². The number of aromatic nitrogens is 1. The Labute approximate surface area is 156 Å². The molecule has 0 bridgehead atoms. The minimum absolute atomic E-state index is 0.172. The lowest BCUT2D eigenvalue weighted by atomic mass is 10.0. The molecule has 0 aliphatic rings. The van der Waals surface area contributed by atoms with Gasteiger partial charge in [-0.05, 0) is 41.1 Å². The van der Waals surface area contributed by atoms with E-state index in [0.29, 0.717) is 10.7 Å². The van der Waals surface area contributed by atoms with E-state index >= 15 is 0 Å². The van der Waals surface area contributed by atoms with Crippen molar-refractivity contribution in [3.8, 4) is 5.75 Å². The molecular formula is C19H13BrN2O2S. The summed E-state index contributed by atoms with van der Waals surface area (Å²) in [6.45, 7) is 0. The Morgan fingerprint density at radius 3 is 2.76 bits per heavy atom. The van der Waals surface area contributed by atoms with E-state index in [1.807, 2.05) is 54.6 Å². The van der Waals surface area contributed by atoms with E-state index in [0.717, 1.165) is 31.2 Å². The fraction of sp³-hybridized carbons (Fsp3) is 0.0526. The number of anilines is 1. The van der Waals surface area contributed by atoms with Gasteiger partial charge in [0.05, 0.1) is 17.3 Å². The van der Waals surface area contributed by atoms with Crippen LogP contribution in [0.25, 0.3) is 21.0 Å². The molecule has 3 aromatic carbocycles. The number of nitrogens with zero attached hydrogens (tertiary/aromatic N) is 1. The van der Waals surface area contributed by atoms with E-state index < -0.39 is 0 Å². The smallest absolute Gasteiger partial charge is 0.258 e. The van der Waals surface area contributed by atoms with Gasteiger partial charge in [0.2, 0.25) is 0 Å². The summed E-state index contributed by atoms with van der Waals surface area (Å²) < 4.78 is 7.16. The normalized spacial score (nSPS) is 11.0. The van der Waals surface area contributed by atoms with Crippen LogP contribution in [0.4, 0.5) is 5.13 Å². The molecule has 0 atom stereocenters. The van der Waals surface area contributed by atoms with Crippen molar-refractivity contribution < 1.29 is 9.53 Å². The standard InChI is InChI=1S/C19H13BrN2O2S/c1-24-11-8-9-16-17(10-11)25-19(21-16)22-18(23)14-6-2-5-13-12(14)4-3-7-15(13)20/h2-10H,1H3,(H,21,22,23). The average Bonchev–Trinajstić information content (AvgIpc) is 3.02. The Balaban J connectivity index is 1.70. The number of halogens is 1. The van der Waals surface area contributed by atoms with Crippen molar-refractivity contribution in [2.24, 2.45) is 0 Å². The summed E-state index contributed by atoms with van der Waals surface area (Å²) in [6, 6.07) is 17.2. The molecule has 0 fully saturated rings. The Hall–Kier alpha value is -2.44. The van der Waals surface area contributed by atoms with E-state index in [-0.39, 0.29) is 5.91 Å². The SMILES string of the molecule is COc1ccc2nc(NC(=O)c3cccc4c(Br)cccc34)sc2c1. The van der Waals surface area contributed by atoms with Gasteiger partial charge in [-0.15, -0.1) is 0 Å². The van der Waals surface area contributed by atoms with Crippen molar-refractivity contribution in [1.29, 1.82) is 0 Å². The molecule has 1 amide bonds. The minimum Gasteiger partial charge on any atom is -0.497 e. The molecule has 0 unspecified atom stereocenters. The minimum atomic E-state index is -0.172. The van der Waals surface area contributed by atoms with Crippen LogP contribution in [0.15, 0.2) is 59.1 Å². The molecule has 4 aromatic rings. The third kappa shape index (κ3) is 2.99. The van der Waals surface area contributed by atoms with Gasteiger partial charge in [0, 0.05) is 10.0 Å². The summed E-state index contributed by atoms with van der Waals surface area (Å²) in [6.07, 6.45) is 0. The van der Waals surface area contributed by atoms with Crippen molar-refractivity contribution >= 4 is 59.3 Å². The molecular weight excluding hydrogens is 400 g/mol. The van der Waals surface area contributed by atoms with Gasteiger partial charge in [-0.3, -0.25) is 10.1 Å². The predicted molar refractivity (Wildman–Crippen MR) is 106 cm³/mol. The largest absolute Gasteiger partial charge is 0.497 e. The molecule has 4 nitrogen and oxygen atoms in total. The van der Waals surface area contributed by atoms with Crippen LogP contribution in [-0.2, 0) is 0 Å². The van der Waals surface area contributed by atoms with Crippen LogP contribution in [0.3, 0.4) is 0 Å². The second-order valence-corrected chi connectivity index (χ2v) is 7.33. The molecule has 0 aliphatic heterocycles. The third-order valence-corrected chi connectivity index (χ3v) is 5.55. The summed E-state index contributed by atoms with van der Waals surface area (Å²) in [5.41, 5.74) is 1.46. The number of rotatable bonds is 3. The van der Waals surface area contributed by atoms with Gasteiger partial charge < -0.3 is 4.74 Å². The highest BCUT2D eigenvalue weighted by Gasteiger charge is 2.13. The lowest BCUT2D eigenvalue weighted by Gasteiger charge is -2.07. The Morgan fingerprint density at radius 2 is 1.92 bits per heavy atom. The third-order valence-electron chi connectivity index (χ3n) is 3.93. The molecule has 4 rings (SSSR count). The van der Waals surface area contributed by atoms with Gasteiger partial charge in [-0.25, -0.2) is 4.98 Å². The molecule has 6 heteroatoms. The van der Waals surface area contributed by atoms with Crippen LogP contribution in [0.2, 0.25) is 0 Å². The maximum atomic E-state index is 12.8. The summed E-state index contributed by atoms with van der Waals surface area (Å²) in [4.78, 5) is 17.2. The van der Waals surface area contributed by atoms with Crippen LogP contribution in [0.5, 0.6) is 5.75 Å².